The Labute approximate surface area is 190 Å². The van der Waals surface area contributed by atoms with Crippen molar-refractivity contribution in [2.45, 2.75) is 12.9 Å². The molecule has 2 aromatic heterocycles. The van der Waals surface area contributed by atoms with Gasteiger partial charge >= 0.3 is 6.36 Å². The maximum Gasteiger partial charge on any atom is 0.573 e. The number of halogens is 3. The Balaban J connectivity index is 1.41. The van der Waals surface area contributed by atoms with Crippen LogP contribution in [0.4, 0.5) is 18.3 Å². The Morgan fingerprint density at radius 2 is 1.94 bits per heavy atom. The van der Waals surface area contributed by atoms with Gasteiger partial charge in [0.05, 0.1) is 18.4 Å². The quantitative estimate of drug-likeness (QED) is 0.367. The van der Waals surface area contributed by atoms with E-state index in [1.807, 2.05) is 35.2 Å². The summed E-state index contributed by atoms with van der Waals surface area (Å²) in [7, 11) is 0. The summed E-state index contributed by atoms with van der Waals surface area (Å²) in [5.74, 6) is 0.395. The average Bonchev–Trinajstić information content (AvgIpc) is 3.50. The second kappa shape index (κ2) is 8.66. The first kappa shape index (κ1) is 21.1. The van der Waals surface area contributed by atoms with Gasteiger partial charge < -0.3 is 19.1 Å². The van der Waals surface area contributed by atoms with Gasteiger partial charge in [-0.1, -0.05) is 53.8 Å². The van der Waals surface area contributed by atoms with Gasteiger partial charge in [0.1, 0.15) is 12.0 Å². The minimum atomic E-state index is -4.75. The van der Waals surface area contributed by atoms with Crippen molar-refractivity contribution in [1.82, 2.24) is 14.6 Å². The fourth-order valence-corrected chi connectivity index (χ4v) is 4.23. The smallest absolute Gasteiger partial charge is 0.462 e. The van der Waals surface area contributed by atoms with Crippen molar-refractivity contribution < 1.29 is 27.4 Å². The number of anilines is 1. The number of rotatable bonds is 7. The highest BCUT2D eigenvalue weighted by atomic mass is 32.1. The van der Waals surface area contributed by atoms with Gasteiger partial charge in [0.15, 0.2) is 5.76 Å². The summed E-state index contributed by atoms with van der Waals surface area (Å²) in [4.78, 5) is 7.20. The lowest BCUT2D eigenvalue weighted by Gasteiger charge is -2.21. The molecular formula is C22H17F3N4O3S. The van der Waals surface area contributed by atoms with Crippen LogP contribution in [-0.4, -0.2) is 34.3 Å². The molecule has 2 aromatic carbocycles. The third kappa shape index (κ3) is 5.03. The standard InChI is InChI=1S/C22H17F3N4O3S/c23-22(24,25)32-17-8-4-7-16(9-17)19-12-29-20(26-19)33-21(27-29)28(11-18-13-30-14-31-18)10-15-5-2-1-3-6-15/h1-9,12-13H,10-11,14H2. The van der Waals surface area contributed by atoms with Crippen LogP contribution in [0.3, 0.4) is 0 Å². The number of alkyl halides is 3. The summed E-state index contributed by atoms with van der Waals surface area (Å²) in [5, 5.41) is 5.36. The first-order valence-electron chi connectivity index (χ1n) is 9.88. The van der Waals surface area contributed by atoms with E-state index in [0.29, 0.717) is 35.1 Å². The van der Waals surface area contributed by atoms with Crippen molar-refractivity contribution in [3.8, 4) is 17.0 Å². The lowest BCUT2D eigenvalue weighted by Crippen LogP contribution is -2.25. The van der Waals surface area contributed by atoms with E-state index in [0.717, 1.165) is 10.7 Å². The number of fused-ring (bicyclic) bond motifs is 1. The molecule has 11 heteroatoms. The van der Waals surface area contributed by atoms with Crippen molar-refractivity contribution in [3.05, 3.63) is 78.4 Å². The van der Waals surface area contributed by atoms with Crippen LogP contribution in [-0.2, 0) is 16.0 Å². The molecular weight excluding hydrogens is 457 g/mol. The van der Waals surface area contributed by atoms with Crippen LogP contribution >= 0.6 is 11.3 Å². The molecule has 170 valence electrons. The van der Waals surface area contributed by atoms with Gasteiger partial charge in [0.2, 0.25) is 16.9 Å². The molecule has 0 unspecified atom stereocenters. The predicted octanol–water partition coefficient (Wildman–Crippen LogP) is 5.21. The van der Waals surface area contributed by atoms with Gasteiger partial charge in [-0.2, -0.15) is 0 Å². The lowest BCUT2D eigenvalue weighted by molar-refractivity contribution is -0.274. The molecule has 0 amide bonds. The Morgan fingerprint density at radius 1 is 1.09 bits per heavy atom. The van der Waals surface area contributed by atoms with E-state index >= 15 is 0 Å². The Hall–Kier alpha value is -3.73. The second-order valence-corrected chi connectivity index (χ2v) is 8.10. The van der Waals surface area contributed by atoms with Crippen molar-refractivity contribution in [1.29, 1.82) is 0 Å². The van der Waals surface area contributed by atoms with E-state index in [4.69, 9.17) is 9.47 Å². The highest BCUT2D eigenvalue weighted by Gasteiger charge is 2.31. The summed E-state index contributed by atoms with van der Waals surface area (Å²) in [6.45, 7) is 1.26. The number of ether oxygens (including phenoxy) is 3. The maximum absolute atomic E-state index is 12.5. The van der Waals surface area contributed by atoms with Gasteiger partial charge in [-0.15, -0.1) is 18.3 Å². The van der Waals surface area contributed by atoms with Crippen LogP contribution in [0.25, 0.3) is 16.2 Å². The van der Waals surface area contributed by atoms with E-state index in [1.165, 1.54) is 29.5 Å². The van der Waals surface area contributed by atoms with E-state index < -0.39 is 6.36 Å². The zero-order chi connectivity index (χ0) is 22.8. The Kier molecular flexibility index (Phi) is 5.55. The van der Waals surface area contributed by atoms with Crippen LogP contribution < -0.4 is 9.64 Å². The van der Waals surface area contributed by atoms with Crippen molar-refractivity contribution in [3.63, 3.8) is 0 Å². The molecule has 0 saturated heterocycles. The molecule has 0 spiro atoms. The summed E-state index contributed by atoms with van der Waals surface area (Å²) in [6, 6.07) is 15.7. The molecule has 0 aliphatic carbocycles. The Morgan fingerprint density at radius 3 is 2.67 bits per heavy atom. The van der Waals surface area contributed by atoms with Gasteiger partial charge in [-0.25, -0.2) is 9.50 Å². The summed E-state index contributed by atoms with van der Waals surface area (Å²) < 4.78 is 53.9. The van der Waals surface area contributed by atoms with Crippen molar-refractivity contribution in [2.75, 3.05) is 18.2 Å². The van der Waals surface area contributed by atoms with Crippen LogP contribution in [0.1, 0.15) is 5.56 Å². The first-order valence-corrected chi connectivity index (χ1v) is 10.7. The normalized spacial score (nSPS) is 13.5. The number of benzene rings is 2. The molecule has 5 rings (SSSR count). The maximum atomic E-state index is 12.5. The van der Waals surface area contributed by atoms with Crippen LogP contribution in [0.5, 0.6) is 5.75 Å². The molecule has 1 aliphatic heterocycles. The fraction of sp³-hybridized carbons (Fsp3) is 0.182. The molecule has 0 fully saturated rings. The zero-order valence-electron chi connectivity index (χ0n) is 17.0. The minimum absolute atomic E-state index is 0.191. The van der Waals surface area contributed by atoms with Gasteiger partial charge in [-0.05, 0) is 17.7 Å². The molecule has 33 heavy (non-hydrogen) atoms. The largest absolute Gasteiger partial charge is 0.573 e. The highest BCUT2D eigenvalue weighted by Crippen LogP contribution is 2.31. The van der Waals surface area contributed by atoms with E-state index in [1.54, 1.807) is 23.0 Å². The molecule has 0 radical (unpaired) electrons. The molecule has 7 nitrogen and oxygen atoms in total. The molecule has 1 aliphatic rings. The third-order valence-electron chi connectivity index (χ3n) is 4.76. The minimum Gasteiger partial charge on any atom is -0.462 e. The van der Waals surface area contributed by atoms with Crippen LogP contribution in [0, 0.1) is 0 Å². The van der Waals surface area contributed by atoms with Crippen molar-refractivity contribution in [2.24, 2.45) is 0 Å². The van der Waals surface area contributed by atoms with E-state index in [2.05, 4.69) is 14.8 Å². The van der Waals surface area contributed by atoms with E-state index in [9.17, 15) is 13.2 Å². The van der Waals surface area contributed by atoms with Crippen LogP contribution in [0.2, 0.25) is 0 Å². The van der Waals surface area contributed by atoms with E-state index in [-0.39, 0.29) is 12.5 Å². The van der Waals surface area contributed by atoms with Crippen LogP contribution in [0.15, 0.2) is 72.8 Å². The zero-order valence-corrected chi connectivity index (χ0v) is 17.8. The molecule has 0 saturated carbocycles. The van der Waals surface area contributed by atoms with Gasteiger partial charge in [0.25, 0.3) is 0 Å². The molecule has 4 aromatic rings. The summed E-state index contributed by atoms with van der Waals surface area (Å²) in [6.07, 6.45) is -1.49. The summed E-state index contributed by atoms with van der Waals surface area (Å²) in [5.41, 5.74) is 2.10. The van der Waals surface area contributed by atoms with Gasteiger partial charge in [-0.3, -0.25) is 0 Å². The van der Waals surface area contributed by atoms with Gasteiger partial charge in [0, 0.05) is 12.1 Å². The lowest BCUT2D eigenvalue weighted by atomic mass is 10.1. The number of hydrogen-bond acceptors (Lipinski definition) is 7. The first-order chi connectivity index (χ1) is 15.9. The molecule has 0 N–H and O–H groups in total. The molecule has 0 bridgehead atoms. The number of nitrogens with zero attached hydrogens (tertiary/aromatic N) is 4. The fourth-order valence-electron chi connectivity index (χ4n) is 3.35. The monoisotopic (exact) mass is 474 g/mol. The highest BCUT2D eigenvalue weighted by molar-refractivity contribution is 7.20. The number of hydrogen-bond donors (Lipinski definition) is 0. The summed E-state index contributed by atoms with van der Waals surface area (Å²) >= 11 is 1.37. The number of aromatic nitrogens is 3. The third-order valence-corrected chi connectivity index (χ3v) is 5.74. The molecule has 0 atom stereocenters. The SMILES string of the molecule is FC(F)(F)Oc1cccc(-c2cn3nc(N(CC4=COCO4)Cc4ccccc4)sc3n2)c1. The average molecular weight is 474 g/mol. The van der Waals surface area contributed by atoms with Crippen molar-refractivity contribution >= 4 is 21.4 Å². The Bertz CT molecular complexity index is 1260. The second-order valence-electron chi connectivity index (χ2n) is 7.17. The molecule has 3 heterocycles. The number of imidazole rings is 1. The topological polar surface area (TPSA) is 61.1 Å². The predicted molar refractivity (Wildman–Crippen MR) is 116 cm³/mol.